The van der Waals surface area contributed by atoms with Crippen molar-refractivity contribution in [1.82, 2.24) is 4.98 Å². The van der Waals surface area contributed by atoms with E-state index < -0.39 is 40.4 Å². The molecule has 0 bridgehead atoms. The molecule has 2 aromatic rings. The Morgan fingerprint density at radius 3 is 2.60 bits per heavy atom. The van der Waals surface area contributed by atoms with Gasteiger partial charge in [-0.05, 0) is 24.6 Å². The highest BCUT2D eigenvalue weighted by molar-refractivity contribution is 6.05. The highest BCUT2D eigenvalue weighted by Crippen LogP contribution is 2.23. The Kier molecular flexibility index (Phi) is 3.60. The highest BCUT2D eigenvalue weighted by atomic mass is 19.1. The molecule has 1 amide bonds. The number of benzene rings is 1. The van der Waals surface area contributed by atoms with Crippen LogP contribution in [0, 0.1) is 24.4 Å². The summed E-state index contributed by atoms with van der Waals surface area (Å²) in [6.07, 6.45) is 1.12. The van der Waals surface area contributed by atoms with Crippen LogP contribution in [0.3, 0.4) is 0 Å². The molecule has 2 rings (SSSR count). The van der Waals surface area contributed by atoms with Crippen molar-refractivity contribution in [2.24, 2.45) is 0 Å². The second-order valence-electron chi connectivity index (χ2n) is 4.07. The van der Waals surface area contributed by atoms with E-state index in [-0.39, 0.29) is 5.56 Å². The van der Waals surface area contributed by atoms with Gasteiger partial charge in [0.25, 0.3) is 5.91 Å². The maximum absolute atomic E-state index is 13.7. The summed E-state index contributed by atoms with van der Waals surface area (Å²) in [5.74, 6) is -4.40. The topological polar surface area (TPSA) is 68.0 Å². The van der Waals surface area contributed by atoms with Crippen molar-refractivity contribution in [3.8, 4) is 0 Å². The first-order valence-corrected chi connectivity index (χ1v) is 5.57. The minimum atomic E-state index is -1.04. The number of nitrogens with zero attached hydrogens (tertiary/aromatic N) is 1. The van der Waals surface area contributed by atoms with Gasteiger partial charge in [-0.25, -0.2) is 18.2 Å². The fourth-order valence-corrected chi connectivity index (χ4v) is 1.59. The number of halogens is 3. The van der Waals surface area contributed by atoms with E-state index in [0.717, 1.165) is 18.3 Å². The molecule has 4 nitrogen and oxygen atoms in total. The van der Waals surface area contributed by atoms with Crippen molar-refractivity contribution in [2.45, 2.75) is 6.92 Å². The van der Waals surface area contributed by atoms with E-state index in [4.69, 9.17) is 5.73 Å². The van der Waals surface area contributed by atoms with Gasteiger partial charge in [-0.15, -0.1) is 0 Å². The van der Waals surface area contributed by atoms with E-state index in [1.807, 2.05) is 5.32 Å². The molecule has 0 atom stereocenters. The lowest BCUT2D eigenvalue weighted by Crippen LogP contribution is -2.17. The summed E-state index contributed by atoms with van der Waals surface area (Å²) in [6, 6.07) is 3.29. The van der Waals surface area contributed by atoms with E-state index >= 15 is 0 Å². The molecular formula is C13H10F3N3O. The van der Waals surface area contributed by atoms with Crippen LogP contribution in [0.15, 0.2) is 24.4 Å². The van der Waals surface area contributed by atoms with E-state index in [2.05, 4.69) is 4.98 Å². The number of nitrogens with one attached hydrogen (secondary N) is 1. The molecule has 1 aromatic carbocycles. The van der Waals surface area contributed by atoms with Crippen LogP contribution < -0.4 is 11.1 Å². The predicted octanol–water partition coefficient (Wildman–Crippen LogP) is 2.64. The summed E-state index contributed by atoms with van der Waals surface area (Å²) < 4.78 is 40.8. The molecule has 20 heavy (non-hydrogen) atoms. The number of aromatic nitrogens is 1. The molecule has 0 radical (unpaired) electrons. The van der Waals surface area contributed by atoms with E-state index in [1.54, 1.807) is 0 Å². The number of amides is 1. The van der Waals surface area contributed by atoms with Crippen molar-refractivity contribution in [3.05, 3.63) is 53.0 Å². The van der Waals surface area contributed by atoms with Gasteiger partial charge in [-0.3, -0.25) is 4.79 Å². The Balaban J connectivity index is 2.38. The van der Waals surface area contributed by atoms with E-state index in [0.29, 0.717) is 0 Å². The number of pyridine rings is 1. The Bertz CT molecular complexity index is 689. The van der Waals surface area contributed by atoms with Gasteiger partial charge in [-0.1, -0.05) is 6.07 Å². The average Bonchev–Trinajstić information content (AvgIpc) is 2.42. The number of hydrogen-bond donors (Lipinski definition) is 2. The molecule has 0 aliphatic carbocycles. The summed E-state index contributed by atoms with van der Waals surface area (Å²) in [4.78, 5) is 15.3. The number of nitrogens with two attached hydrogens (primary N) is 1. The summed E-state index contributed by atoms with van der Waals surface area (Å²) >= 11 is 0. The Labute approximate surface area is 112 Å². The number of hydrogen-bond acceptors (Lipinski definition) is 3. The van der Waals surface area contributed by atoms with Gasteiger partial charge in [-0.2, -0.15) is 0 Å². The van der Waals surface area contributed by atoms with Crippen molar-refractivity contribution in [2.75, 3.05) is 11.1 Å². The fourth-order valence-electron chi connectivity index (χ4n) is 1.59. The van der Waals surface area contributed by atoms with E-state index in [9.17, 15) is 18.0 Å². The number of anilines is 2. The lowest BCUT2D eigenvalue weighted by molar-refractivity contribution is 0.102. The second kappa shape index (κ2) is 5.20. The lowest BCUT2D eigenvalue weighted by atomic mass is 10.1. The smallest absolute Gasteiger partial charge is 0.258 e. The van der Waals surface area contributed by atoms with Gasteiger partial charge in [0.05, 0.1) is 5.56 Å². The van der Waals surface area contributed by atoms with Crippen LogP contribution in [0.5, 0.6) is 0 Å². The molecular weight excluding hydrogens is 271 g/mol. The van der Waals surface area contributed by atoms with Crippen LogP contribution in [0.25, 0.3) is 0 Å². The zero-order valence-corrected chi connectivity index (χ0v) is 10.4. The quantitative estimate of drug-likeness (QED) is 0.889. The highest BCUT2D eigenvalue weighted by Gasteiger charge is 2.19. The number of rotatable bonds is 2. The van der Waals surface area contributed by atoms with Crippen molar-refractivity contribution < 1.29 is 18.0 Å². The van der Waals surface area contributed by atoms with Gasteiger partial charge in [0.2, 0.25) is 0 Å². The average molecular weight is 281 g/mol. The second-order valence-corrected chi connectivity index (χ2v) is 4.07. The van der Waals surface area contributed by atoms with Crippen LogP contribution in [0.1, 0.15) is 15.9 Å². The number of carbonyl (C=O) groups is 1. The monoisotopic (exact) mass is 281 g/mol. The Hall–Kier alpha value is -2.57. The zero-order valence-electron chi connectivity index (χ0n) is 10.4. The minimum Gasteiger partial charge on any atom is -0.381 e. The summed E-state index contributed by atoms with van der Waals surface area (Å²) in [5, 5.41) is 1.99. The Morgan fingerprint density at radius 2 is 1.90 bits per heavy atom. The standard InChI is InChI=1S/C13H10F3N3O/c1-6-2-3-8(14)11(9(6)15)19-13(20)7-4-5-18-12(17)10(7)16/h2-5H,1H3,(H2,17,18)(H,19,20). The normalized spacial score (nSPS) is 10.4. The number of carbonyl (C=O) groups excluding carboxylic acids is 1. The largest absolute Gasteiger partial charge is 0.381 e. The van der Waals surface area contributed by atoms with Gasteiger partial charge in [0, 0.05) is 6.20 Å². The van der Waals surface area contributed by atoms with Crippen molar-refractivity contribution >= 4 is 17.4 Å². The summed E-state index contributed by atoms with van der Waals surface area (Å²) in [5.41, 5.74) is 4.29. The third kappa shape index (κ3) is 2.42. The fraction of sp³-hybridized carbons (Fsp3) is 0.0769. The molecule has 3 N–H and O–H groups in total. The van der Waals surface area contributed by atoms with Crippen molar-refractivity contribution in [1.29, 1.82) is 0 Å². The SMILES string of the molecule is Cc1ccc(F)c(NC(=O)c2ccnc(N)c2F)c1F. The third-order valence-electron chi connectivity index (χ3n) is 2.68. The van der Waals surface area contributed by atoms with Gasteiger partial charge in [0.1, 0.15) is 11.5 Å². The van der Waals surface area contributed by atoms with Crippen LogP contribution in [0.2, 0.25) is 0 Å². The van der Waals surface area contributed by atoms with Crippen LogP contribution >= 0.6 is 0 Å². The number of aryl methyl sites for hydroxylation is 1. The van der Waals surface area contributed by atoms with Gasteiger partial charge in [0.15, 0.2) is 17.5 Å². The maximum atomic E-state index is 13.7. The molecule has 7 heteroatoms. The third-order valence-corrected chi connectivity index (χ3v) is 2.68. The molecule has 0 unspecified atom stereocenters. The number of nitrogen functional groups attached to an aromatic ring is 1. The molecule has 0 spiro atoms. The first-order chi connectivity index (χ1) is 9.41. The summed E-state index contributed by atoms with van der Waals surface area (Å²) in [6.45, 7) is 1.41. The van der Waals surface area contributed by atoms with Crippen molar-refractivity contribution in [3.63, 3.8) is 0 Å². The van der Waals surface area contributed by atoms with Gasteiger partial charge >= 0.3 is 0 Å². The van der Waals surface area contributed by atoms with E-state index in [1.165, 1.54) is 13.0 Å². The predicted molar refractivity (Wildman–Crippen MR) is 67.7 cm³/mol. The summed E-state index contributed by atoms with van der Waals surface area (Å²) in [7, 11) is 0. The first-order valence-electron chi connectivity index (χ1n) is 5.57. The molecule has 104 valence electrons. The molecule has 0 fully saturated rings. The lowest BCUT2D eigenvalue weighted by Gasteiger charge is -2.10. The van der Waals surface area contributed by atoms with Gasteiger partial charge < -0.3 is 11.1 Å². The molecule has 0 aliphatic heterocycles. The first kappa shape index (κ1) is 13.9. The molecule has 1 heterocycles. The molecule has 0 saturated carbocycles. The molecule has 0 aliphatic rings. The zero-order chi connectivity index (χ0) is 14.9. The minimum absolute atomic E-state index is 0.149. The molecule has 1 aromatic heterocycles. The van der Waals surface area contributed by atoms with Crippen LogP contribution in [-0.2, 0) is 0 Å². The van der Waals surface area contributed by atoms with Crippen LogP contribution in [0.4, 0.5) is 24.7 Å². The van der Waals surface area contributed by atoms with Crippen LogP contribution in [-0.4, -0.2) is 10.9 Å². The molecule has 0 saturated heterocycles. The maximum Gasteiger partial charge on any atom is 0.258 e. The Morgan fingerprint density at radius 1 is 1.20 bits per heavy atom.